The van der Waals surface area contributed by atoms with E-state index in [9.17, 15) is 9.65 Å². The van der Waals surface area contributed by atoms with Gasteiger partial charge in [-0.25, -0.2) is 4.39 Å². The molecule has 21 heavy (non-hydrogen) atoms. The van der Waals surface area contributed by atoms with E-state index in [0.29, 0.717) is 12.1 Å². The van der Waals surface area contributed by atoms with Gasteiger partial charge in [-0.3, -0.25) is 4.98 Å². The molecule has 3 nitrogen and oxygen atoms in total. The van der Waals surface area contributed by atoms with Crippen molar-refractivity contribution in [2.45, 2.75) is 26.8 Å². The summed E-state index contributed by atoms with van der Waals surface area (Å²) in [4.78, 5) is 6.54. The second-order valence-electron chi connectivity index (χ2n) is 5.44. The fourth-order valence-electron chi connectivity index (χ4n) is 2.92. The van der Waals surface area contributed by atoms with Crippen LogP contribution in [0.25, 0.3) is 0 Å². The van der Waals surface area contributed by atoms with Crippen molar-refractivity contribution >= 4 is 5.69 Å². The molecule has 3 rings (SSSR count). The summed E-state index contributed by atoms with van der Waals surface area (Å²) in [5.74, 6) is -0.185. The fraction of sp³-hybridized carbons (Fsp3) is 0.294. The maximum absolute atomic E-state index is 13.3. The van der Waals surface area contributed by atoms with Gasteiger partial charge in [0, 0.05) is 18.8 Å². The molecule has 1 aliphatic heterocycles. The van der Waals surface area contributed by atoms with Gasteiger partial charge in [0.15, 0.2) is 0 Å². The van der Waals surface area contributed by atoms with Crippen molar-refractivity contribution in [1.82, 2.24) is 4.98 Å². The monoisotopic (exact) mass is 281 g/mol. The molecule has 106 valence electrons. The Balaban J connectivity index is 2.00. The topological polar surface area (TPSA) is 39.9 Å². The molecule has 2 aromatic rings. The molecule has 4 heteroatoms. The summed E-state index contributed by atoms with van der Waals surface area (Å²) in [5, 5.41) is 9.39. The summed E-state index contributed by atoms with van der Waals surface area (Å²) in [6.07, 6.45) is 0.790. The third-order valence-corrected chi connectivity index (χ3v) is 3.94. The maximum Gasteiger partial charge on any atom is 0.123 e. The van der Waals surface area contributed by atoms with Crippen molar-refractivity contribution in [3.05, 3.63) is 58.2 Å². The molecule has 0 bridgehead atoms. The van der Waals surface area contributed by atoms with Crippen molar-refractivity contribution in [2.24, 2.45) is 0 Å². The van der Waals surface area contributed by atoms with E-state index in [1.165, 1.54) is 6.07 Å². The number of nitrogens with zero attached hydrogens (tertiary/aromatic N) is 3. The standard InChI is InChI=1S/C17H16FN3/c1-11-7-17(16(9-19)12(2)20-11)21-6-5-13-8-15(18)4-3-14(13)10-21/h3-4,7-8H,5-6,10H2,1-2H3. The van der Waals surface area contributed by atoms with Crippen molar-refractivity contribution in [3.8, 4) is 6.07 Å². The van der Waals surface area contributed by atoms with Gasteiger partial charge in [-0.15, -0.1) is 0 Å². The molecule has 0 fully saturated rings. The Morgan fingerprint density at radius 2 is 2.05 bits per heavy atom. The van der Waals surface area contributed by atoms with E-state index in [4.69, 9.17) is 0 Å². The quantitative estimate of drug-likeness (QED) is 0.805. The number of pyridine rings is 1. The highest BCUT2D eigenvalue weighted by atomic mass is 19.1. The predicted molar refractivity (Wildman–Crippen MR) is 79.6 cm³/mol. The number of nitriles is 1. The Bertz CT molecular complexity index is 746. The molecule has 2 heterocycles. The molecule has 0 spiro atoms. The van der Waals surface area contributed by atoms with Crippen LogP contribution in [0.15, 0.2) is 24.3 Å². The lowest BCUT2D eigenvalue weighted by Crippen LogP contribution is -2.31. The fourth-order valence-corrected chi connectivity index (χ4v) is 2.92. The molecule has 0 N–H and O–H groups in total. The number of hydrogen-bond donors (Lipinski definition) is 0. The van der Waals surface area contributed by atoms with Gasteiger partial charge in [0.2, 0.25) is 0 Å². The molecule has 1 aromatic heterocycles. The minimum atomic E-state index is -0.185. The second-order valence-corrected chi connectivity index (χ2v) is 5.44. The molecular formula is C17H16FN3. The van der Waals surface area contributed by atoms with E-state index in [-0.39, 0.29) is 5.82 Å². The van der Waals surface area contributed by atoms with Crippen molar-refractivity contribution in [2.75, 3.05) is 11.4 Å². The lowest BCUT2D eigenvalue weighted by molar-refractivity contribution is 0.619. The highest BCUT2D eigenvalue weighted by Gasteiger charge is 2.20. The van der Waals surface area contributed by atoms with Crippen molar-refractivity contribution < 1.29 is 4.39 Å². The summed E-state index contributed by atoms with van der Waals surface area (Å²) < 4.78 is 13.3. The van der Waals surface area contributed by atoms with Gasteiger partial charge in [-0.1, -0.05) is 6.07 Å². The average Bonchev–Trinajstić information content (AvgIpc) is 2.46. The Morgan fingerprint density at radius 3 is 2.81 bits per heavy atom. The molecule has 0 amide bonds. The zero-order chi connectivity index (χ0) is 15.0. The molecular weight excluding hydrogens is 265 g/mol. The number of rotatable bonds is 1. The summed E-state index contributed by atoms with van der Waals surface area (Å²) in [7, 11) is 0. The summed E-state index contributed by atoms with van der Waals surface area (Å²) in [6, 6.07) is 9.16. The van der Waals surface area contributed by atoms with Gasteiger partial charge < -0.3 is 4.90 Å². The molecule has 0 saturated carbocycles. The van der Waals surface area contributed by atoms with Crippen LogP contribution in [0.5, 0.6) is 0 Å². The molecule has 0 atom stereocenters. The number of benzene rings is 1. The van der Waals surface area contributed by atoms with Gasteiger partial charge in [-0.05, 0) is 49.6 Å². The molecule has 0 radical (unpaired) electrons. The van der Waals surface area contributed by atoms with E-state index in [0.717, 1.165) is 41.2 Å². The van der Waals surface area contributed by atoms with Crippen LogP contribution in [0.2, 0.25) is 0 Å². The SMILES string of the molecule is Cc1cc(N2CCc3cc(F)ccc3C2)c(C#N)c(C)n1. The van der Waals surface area contributed by atoms with E-state index in [2.05, 4.69) is 16.0 Å². The van der Waals surface area contributed by atoms with E-state index < -0.39 is 0 Å². The Morgan fingerprint density at radius 1 is 1.24 bits per heavy atom. The van der Waals surface area contributed by atoms with Gasteiger partial charge >= 0.3 is 0 Å². The smallest absolute Gasteiger partial charge is 0.123 e. The summed E-state index contributed by atoms with van der Waals surface area (Å²) in [5.41, 5.74) is 5.42. The van der Waals surface area contributed by atoms with Crippen LogP contribution in [-0.2, 0) is 13.0 Å². The molecule has 0 unspecified atom stereocenters. The van der Waals surface area contributed by atoms with Crippen molar-refractivity contribution in [1.29, 1.82) is 5.26 Å². The van der Waals surface area contributed by atoms with Gasteiger partial charge in [0.05, 0.1) is 16.9 Å². The first-order valence-electron chi connectivity index (χ1n) is 6.99. The van der Waals surface area contributed by atoms with E-state index in [1.807, 2.05) is 26.0 Å². The number of hydrogen-bond acceptors (Lipinski definition) is 3. The lowest BCUT2D eigenvalue weighted by atomic mass is 9.98. The number of halogens is 1. The lowest BCUT2D eigenvalue weighted by Gasteiger charge is -2.31. The zero-order valence-corrected chi connectivity index (χ0v) is 12.2. The van der Waals surface area contributed by atoms with E-state index >= 15 is 0 Å². The Hall–Kier alpha value is -2.41. The number of anilines is 1. The van der Waals surface area contributed by atoms with Crippen LogP contribution in [0.1, 0.15) is 28.1 Å². The third-order valence-electron chi connectivity index (χ3n) is 3.94. The maximum atomic E-state index is 13.3. The molecule has 0 saturated heterocycles. The normalized spacial score (nSPS) is 13.7. The van der Waals surface area contributed by atoms with Crippen LogP contribution in [0.3, 0.4) is 0 Å². The minimum Gasteiger partial charge on any atom is -0.366 e. The number of aromatic nitrogens is 1. The first-order valence-corrected chi connectivity index (χ1v) is 6.99. The zero-order valence-electron chi connectivity index (χ0n) is 12.2. The van der Waals surface area contributed by atoms with Crippen molar-refractivity contribution in [3.63, 3.8) is 0 Å². The highest BCUT2D eigenvalue weighted by molar-refractivity contribution is 5.62. The number of fused-ring (bicyclic) bond motifs is 1. The second kappa shape index (κ2) is 5.17. The average molecular weight is 281 g/mol. The van der Waals surface area contributed by atoms with Crippen LogP contribution in [0.4, 0.5) is 10.1 Å². The molecule has 1 aliphatic rings. The van der Waals surface area contributed by atoms with Crippen LogP contribution in [0, 0.1) is 31.0 Å². The van der Waals surface area contributed by atoms with Gasteiger partial charge in [-0.2, -0.15) is 5.26 Å². The number of aryl methyl sites for hydroxylation is 2. The Kier molecular flexibility index (Phi) is 3.34. The highest BCUT2D eigenvalue weighted by Crippen LogP contribution is 2.29. The summed E-state index contributed by atoms with van der Waals surface area (Å²) in [6.45, 7) is 5.29. The van der Waals surface area contributed by atoms with Crippen LogP contribution >= 0.6 is 0 Å². The first-order chi connectivity index (χ1) is 10.1. The third kappa shape index (κ3) is 2.47. The predicted octanol–water partition coefficient (Wildman–Crippen LogP) is 3.27. The van der Waals surface area contributed by atoms with Crippen LogP contribution < -0.4 is 4.90 Å². The van der Waals surface area contributed by atoms with E-state index in [1.54, 1.807) is 6.07 Å². The Labute approximate surface area is 123 Å². The van der Waals surface area contributed by atoms with Gasteiger partial charge in [0.25, 0.3) is 0 Å². The largest absolute Gasteiger partial charge is 0.366 e. The first kappa shape index (κ1) is 13.6. The molecule has 1 aromatic carbocycles. The minimum absolute atomic E-state index is 0.185. The van der Waals surface area contributed by atoms with Gasteiger partial charge in [0.1, 0.15) is 11.9 Å². The molecule has 0 aliphatic carbocycles. The van der Waals surface area contributed by atoms with Crippen LogP contribution in [-0.4, -0.2) is 11.5 Å². The summed E-state index contributed by atoms with van der Waals surface area (Å²) >= 11 is 0.